The Bertz CT molecular complexity index is 771. The van der Waals surface area contributed by atoms with E-state index in [9.17, 15) is 4.39 Å². The topological polar surface area (TPSA) is 30.7 Å². The molecule has 0 amide bonds. The van der Waals surface area contributed by atoms with Gasteiger partial charge in [-0.3, -0.25) is 0 Å². The molecular weight excluding hydrogens is 309 g/mol. The van der Waals surface area contributed by atoms with Gasteiger partial charge in [0.25, 0.3) is 0 Å². The summed E-state index contributed by atoms with van der Waals surface area (Å²) in [5.74, 6) is 1.35. The fraction of sp³-hybridized carbons (Fsp3) is 0.222. The number of thioether (sulfide) groups is 1. The molecule has 0 unspecified atom stereocenters. The van der Waals surface area contributed by atoms with Gasteiger partial charge < -0.3 is 4.57 Å². The van der Waals surface area contributed by atoms with Gasteiger partial charge in [-0.2, -0.15) is 0 Å². The van der Waals surface area contributed by atoms with Gasteiger partial charge in [-0.05, 0) is 24.1 Å². The Morgan fingerprint density at radius 3 is 2.61 bits per heavy atom. The van der Waals surface area contributed by atoms with E-state index in [1.54, 1.807) is 23.9 Å². The van der Waals surface area contributed by atoms with Crippen LogP contribution < -0.4 is 0 Å². The summed E-state index contributed by atoms with van der Waals surface area (Å²) in [4.78, 5) is 0. The number of rotatable bonds is 6. The molecule has 3 aromatic rings. The maximum absolute atomic E-state index is 13.3. The summed E-state index contributed by atoms with van der Waals surface area (Å²) >= 11 is 1.59. The van der Waals surface area contributed by atoms with Crippen molar-refractivity contribution in [1.29, 1.82) is 0 Å². The maximum Gasteiger partial charge on any atom is 0.191 e. The molecule has 0 fully saturated rings. The van der Waals surface area contributed by atoms with Crippen molar-refractivity contribution in [1.82, 2.24) is 14.8 Å². The Labute approximate surface area is 139 Å². The molecule has 1 aromatic heterocycles. The van der Waals surface area contributed by atoms with Crippen LogP contribution in [0.15, 0.2) is 59.8 Å². The van der Waals surface area contributed by atoms with E-state index in [1.165, 1.54) is 6.07 Å². The SMILES string of the molecule is CCCn1c(SCc2cccc(F)c2)nnc1-c1ccccc1. The lowest BCUT2D eigenvalue weighted by molar-refractivity contribution is 0.624. The summed E-state index contributed by atoms with van der Waals surface area (Å²) in [6, 6.07) is 16.7. The number of aromatic nitrogens is 3. The second kappa shape index (κ2) is 7.42. The van der Waals surface area contributed by atoms with Crippen molar-refractivity contribution in [2.45, 2.75) is 30.8 Å². The van der Waals surface area contributed by atoms with Gasteiger partial charge in [-0.25, -0.2) is 4.39 Å². The van der Waals surface area contributed by atoms with E-state index < -0.39 is 0 Å². The second-order valence-corrected chi connectivity index (χ2v) is 6.18. The smallest absolute Gasteiger partial charge is 0.191 e. The molecule has 0 saturated carbocycles. The second-order valence-electron chi connectivity index (χ2n) is 5.24. The summed E-state index contributed by atoms with van der Waals surface area (Å²) in [5.41, 5.74) is 2.01. The van der Waals surface area contributed by atoms with Crippen molar-refractivity contribution in [2.24, 2.45) is 0 Å². The number of hydrogen-bond acceptors (Lipinski definition) is 3. The van der Waals surface area contributed by atoms with E-state index in [1.807, 2.05) is 36.4 Å². The zero-order valence-electron chi connectivity index (χ0n) is 12.9. The Kier molecular flexibility index (Phi) is 5.08. The summed E-state index contributed by atoms with van der Waals surface area (Å²) in [7, 11) is 0. The molecule has 0 saturated heterocycles. The normalized spacial score (nSPS) is 10.9. The monoisotopic (exact) mass is 327 g/mol. The first-order valence-corrected chi connectivity index (χ1v) is 8.62. The van der Waals surface area contributed by atoms with Gasteiger partial charge in [0.15, 0.2) is 11.0 Å². The average Bonchev–Trinajstić information content (AvgIpc) is 2.97. The van der Waals surface area contributed by atoms with Gasteiger partial charge in [0.1, 0.15) is 5.82 Å². The van der Waals surface area contributed by atoms with Crippen molar-refractivity contribution in [3.8, 4) is 11.4 Å². The highest BCUT2D eigenvalue weighted by Crippen LogP contribution is 2.26. The van der Waals surface area contributed by atoms with Gasteiger partial charge in [0.05, 0.1) is 0 Å². The lowest BCUT2D eigenvalue weighted by Crippen LogP contribution is -2.02. The van der Waals surface area contributed by atoms with E-state index >= 15 is 0 Å². The Hall–Kier alpha value is -2.14. The van der Waals surface area contributed by atoms with Crippen LogP contribution in [0.3, 0.4) is 0 Å². The molecule has 118 valence electrons. The van der Waals surface area contributed by atoms with Crippen LogP contribution in [-0.2, 0) is 12.3 Å². The molecule has 0 aliphatic heterocycles. The van der Waals surface area contributed by atoms with Crippen molar-refractivity contribution in [2.75, 3.05) is 0 Å². The number of hydrogen-bond donors (Lipinski definition) is 0. The molecule has 3 rings (SSSR count). The third-order valence-electron chi connectivity index (χ3n) is 3.45. The third-order valence-corrected chi connectivity index (χ3v) is 4.49. The van der Waals surface area contributed by atoms with E-state index in [2.05, 4.69) is 21.7 Å². The van der Waals surface area contributed by atoms with Crippen molar-refractivity contribution < 1.29 is 4.39 Å². The molecule has 23 heavy (non-hydrogen) atoms. The van der Waals surface area contributed by atoms with Crippen LogP contribution in [0.1, 0.15) is 18.9 Å². The first kappa shape index (κ1) is 15.7. The quantitative estimate of drug-likeness (QED) is 0.610. The maximum atomic E-state index is 13.3. The standard InChI is InChI=1S/C18H18FN3S/c1-2-11-22-17(15-8-4-3-5-9-15)20-21-18(22)23-13-14-7-6-10-16(19)12-14/h3-10,12H,2,11,13H2,1H3. The zero-order chi connectivity index (χ0) is 16.1. The molecule has 0 atom stereocenters. The molecule has 0 radical (unpaired) electrons. The van der Waals surface area contributed by atoms with E-state index in [-0.39, 0.29) is 5.82 Å². The summed E-state index contributed by atoms with van der Waals surface area (Å²) in [5, 5.41) is 9.55. The highest BCUT2D eigenvalue weighted by atomic mass is 32.2. The Morgan fingerprint density at radius 2 is 1.87 bits per heavy atom. The first-order chi connectivity index (χ1) is 11.3. The molecular formula is C18H18FN3S. The molecule has 2 aromatic carbocycles. The number of halogens is 1. The molecule has 0 bridgehead atoms. The minimum atomic E-state index is -0.205. The van der Waals surface area contributed by atoms with Crippen LogP contribution in [0.25, 0.3) is 11.4 Å². The lowest BCUT2D eigenvalue weighted by Gasteiger charge is -2.09. The Balaban J connectivity index is 1.83. The minimum Gasteiger partial charge on any atom is -0.302 e. The van der Waals surface area contributed by atoms with Gasteiger partial charge in [-0.15, -0.1) is 10.2 Å². The van der Waals surface area contributed by atoms with Crippen molar-refractivity contribution >= 4 is 11.8 Å². The van der Waals surface area contributed by atoms with E-state index in [0.717, 1.165) is 35.1 Å². The van der Waals surface area contributed by atoms with E-state index in [0.29, 0.717) is 5.75 Å². The van der Waals surface area contributed by atoms with Crippen LogP contribution in [0.5, 0.6) is 0 Å². The molecule has 1 heterocycles. The zero-order valence-corrected chi connectivity index (χ0v) is 13.8. The predicted octanol–water partition coefficient (Wildman–Crippen LogP) is 4.79. The molecule has 0 spiro atoms. The van der Waals surface area contributed by atoms with Crippen molar-refractivity contribution in [3.63, 3.8) is 0 Å². The average molecular weight is 327 g/mol. The van der Waals surface area contributed by atoms with Gasteiger partial charge in [0, 0.05) is 17.9 Å². The Morgan fingerprint density at radius 1 is 1.04 bits per heavy atom. The van der Waals surface area contributed by atoms with E-state index in [4.69, 9.17) is 0 Å². The summed E-state index contributed by atoms with van der Waals surface area (Å²) < 4.78 is 15.4. The summed E-state index contributed by atoms with van der Waals surface area (Å²) in [6.45, 7) is 3.00. The molecule has 3 nitrogen and oxygen atoms in total. The highest BCUT2D eigenvalue weighted by Gasteiger charge is 2.13. The van der Waals surface area contributed by atoms with Crippen LogP contribution in [0, 0.1) is 5.82 Å². The highest BCUT2D eigenvalue weighted by molar-refractivity contribution is 7.98. The van der Waals surface area contributed by atoms with Crippen LogP contribution >= 0.6 is 11.8 Å². The third kappa shape index (κ3) is 3.79. The fourth-order valence-electron chi connectivity index (χ4n) is 2.40. The largest absolute Gasteiger partial charge is 0.302 e. The minimum absolute atomic E-state index is 0.205. The van der Waals surface area contributed by atoms with Crippen LogP contribution in [0.2, 0.25) is 0 Å². The summed E-state index contributed by atoms with van der Waals surface area (Å²) in [6.07, 6.45) is 1.01. The molecule has 0 aliphatic rings. The fourth-order valence-corrected chi connectivity index (χ4v) is 3.30. The van der Waals surface area contributed by atoms with Crippen LogP contribution in [-0.4, -0.2) is 14.8 Å². The van der Waals surface area contributed by atoms with Crippen molar-refractivity contribution in [3.05, 3.63) is 66.0 Å². The van der Waals surface area contributed by atoms with Crippen LogP contribution in [0.4, 0.5) is 4.39 Å². The lowest BCUT2D eigenvalue weighted by atomic mass is 10.2. The molecule has 0 N–H and O–H groups in total. The number of benzene rings is 2. The number of nitrogens with zero attached hydrogens (tertiary/aromatic N) is 3. The van der Waals surface area contributed by atoms with Gasteiger partial charge in [-0.1, -0.05) is 61.2 Å². The van der Waals surface area contributed by atoms with Gasteiger partial charge >= 0.3 is 0 Å². The van der Waals surface area contributed by atoms with Gasteiger partial charge in [0.2, 0.25) is 0 Å². The molecule has 5 heteroatoms. The predicted molar refractivity (Wildman–Crippen MR) is 91.7 cm³/mol. The molecule has 0 aliphatic carbocycles. The first-order valence-electron chi connectivity index (χ1n) is 7.64.